The second kappa shape index (κ2) is 24.2. The Morgan fingerprint density at radius 3 is 1.80 bits per heavy atom. The highest BCUT2D eigenvalue weighted by molar-refractivity contribution is 5.98. The fraction of sp³-hybridized carbons (Fsp3) is 0.514. The molecular formula is C37H54N10O13. The Balaban J connectivity index is 2.45. The summed E-state index contributed by atoms with van der Waals surface area (Å²) in [7, 11) is 0. The van der Waals surface area contributed by atoms with Crippen LogP contribution in [-0.2, 0) is 49.6 Å². The van der Waals surface area contributed by atoms with Crippen molar-refractivity contribution in [3.8, 4) is 0 Å². The van der Waals surface area contributed by atoms with Gasteiger partial charge in [-0.15, -0.1) is 0 Å². The van der Waals surface area contributed by atoms with E-state index in [1.54, 1.807) is 44.3 Å². The van der Waals surface area contributed by atoms with Gasteiger partial charge in [0, 0.05) is 42.9 Å². The SMILES string of the molecule is CC(C)CC(NC(=O)C(N)CCC(=O)O)C(=O)NC(CC(=O)O)C(=O)NC(CCCN=C(N)N)C(=O)NC(Cc1c[nH]c2ccccc12)C(=O)NC(CCC(=O)O)C(=O)O. The average molecular weight is 847 g/mol. The van der Waals surface area contributed by atoms with Crippen molar-refractivity contribution in [1.29, 1.82) is 0 Å². The van der Waals surface area contributed by atoms with Crippen LogP contribution in [0.1, 0.15) is 70.8 Å². The van der Waals surface area contributed by atoms with E-state index in [1.807, 2.05) is 0 Å². The number of carbonyl (C=O) groups excluding carboxylic acids is 5. The van der Waals surface area contributed by atoms with Crippen molar-refractivity contribution in [2.24, 2.45) is 28.1 Å². The lowest BCUT2D eigenvalue weighted by atomic mass is 10.0. The Bertz CT molecular complexity index is 1900. The van der Waals surface area contributed by atoms with Gasteiger partial charge >= 0.3 is 23.9 Å². The first kappa shape index (κ1) is 49.4. The summed E-state index contributed by atoms with van der Waals surface area (Å²) in [5.41, 5.74) is 17.8. The van der Waals surface area contributed by atoms with Crippen LogP contribution < -0.4 is 43.8 Å². The fourth-order valence-electron chi connectivity index (χ4n) is 5.89. The summed E-state index contributed by atoms with van der Waals surface area (Å²) < 4.78 is 0. The Hall–Kier alpha value is -6.78. The Kier molecular flexibility index (Phi) is 19.9. The molecule has 60 heavy (non-hydrogen) atoms. The lowest BCUT2D eigenvalue weighted by Crippen LogP contribution is -2.60. The molecule has 0 radical (unpaired) electrons. The second-order valence-corrected chi connectivity index (χ2v) is 14.4. The van der Waals surface area contributed by atoms with Gasteiger partial charge in [-0.25, -0.2) is 4.79 Å². The lowest BCUT2D eigenvalue weighted by molar-refractivity contribution is -0.143. The van der Waals surface area contributed by atoms with Crippen LogP contribution in [0.15, 0.2) is 35.5 Å². The number of aromatic amines is 1. The molecule has 1 aromatic heterocycles. The number of carboxylic acids is 4. The zero-order valence-electron chi connectivity index (χ0n) is 33.1. The third-order valence-electron chi connectivity index (χ3n) is 8.93. The van der Waals surface area contributed by atoms with Gasteiger partial charge in [-0.3, -0.25) is 43.3 Å². The fourth-order valence-corrected chi connectivity index (χ4v) is 5.89. The molecular weight excluding hydrogens is 792 g/mol. The number of aliphatic carboxylic acids is 4. The van der Waals surface area contributed by atoms with Crippen LogP contribution >= 0.6 is 0 Å². The molecule has 1 heterocycles. The molecule has 0 aliphatic carbocycles. The van der Waals surface area contributed by atoms with Gasteiger partial charge in [-0.2, -0.15) is 0 Å². The van der Waals surface area contributed by atoms with Crippen molar-refractivity contribution in [3.63, 3.8) is 0 Å². The molecule has 0 saturated heterocycles. The van der Waals surface area contributed by atoms with Crippen LogP contribution in [0.2, 0.25) is 0 Å². The number of rotatable bonds is 27. The predicted octanol–water partition coefficient (Wildman–Crippen LogP) is -2.15. The summed E-state index contributed by atoms with van der Waals surface area (Å²) in [5.74, 6) is -11.1. The number of aromatic nitrogens is 1. The first-order valence-corrected chi connectivity index (χ1v) is 18.9. The van der Waals surface area contributed by atoms with E-state index in [0.717, 1.165) is 0 Å². The van der Waals surface area contributed by atoms with Crippen LogP contribution in [-0.4, -0.2) is 128 Å². The summed E-state index contributed by atoms with van der Waals surface area (Å²) in [6.45, 7) is 3.40. The number of amides is 5. The Morgan fingerprint density at radius 1 is 0.667 bits per heavy atom. The van der Waals surface area contributed by atoms with Crippen LogP contribution in [0.5, 0.6) is 0 Å². The molecule has 0 aliphatic heterocycles. The van der Waals surface area contributed by atoms with Crippen molar-refractivity contribution in [2.45, 2.75) is 108 Å². The van der Waals surface area contributed by atoms with Crippen molar-refractivity contribution in [3.05, 3.63) is 36.0 Å². The molecule has 2 aromatic rings. The van der Waals surface area contributed by atoms with E-state index < -0.39 is 115 Å². The van der Waals surface area contributed by atoms with E-state index in [0.29, 0.717) is 16.5 Å². The number of aliphatic imine (C=N–C) groups is 1. The standard InChI is InChI=1S/C37H54N10O13/c1-18(2)14-25(45-31(54)21(38)9-11-28(48)49)33(56)47-27(16-30(52)53)35(58)43-23(8-5-13-41-37(39)40)32(55)46-26(15-19-17-42-22-7-4-3-6-20(19)22)34(57)44-24(36(59)60)10-12-29(50)51/h3-4,6-7,17-18,21,23-27,42H,5,8-16,38H2,1-2H3,(H,43,58)(H,44,57)(H,45,54)(H,46,55)(H,47,56)(H,48,49)(H,50,51)(H,52,53)(H,59,60)(H4,39,40,41). The minimum absolute atomic E-state index is 0.000613. The van der Waals surface area contributed by atoms with Gasteiger partial charge in [0.25, 0.3) is 0 Å². The molecule has 6 atom stereocenters. The maximum Gasteiger partial charge on any atom is 0.326 e. The van der Waals surface area contributed by atoms with Gasteiger partial charge in [-0.05, 0) is 49.7 Å². The van der Waals surface area contributed by atoms with Gasteiger partial charge in [0.05, 0.1) is 12.5 Å². The third-order valence-corrected chi connectivity index (χ3v) is 8.93. The van der Waals surface area contributed by atoms with E-state index in [2.05, 4.69) is 36.6 Å². The summed E-state index contributed by atoms with van der Waals surface area (Å²) in [5, 5.41) is 50.0. The lowest BCUT2D eigenvalue weighted by Gasteiger charge is -2.27. The van der Waals surface area contributed by atoms with E-state index in [1.165, 1.54) is 0 Å². The van der Waals surface area contributed by atoms with Crippen LogP contribution in [0, 0.1) is 5.92 Å². The number of nitrogens with two attached hydrogens (primary N) is 3. The minimum Gasteiger partial charge on any atom is -0.481 e. The second-order valence-electron chi connectivity index (χ2n) is 14.4. The number of para-hydroxylation sites is 1. The van der Waals surface area contributed by atoms with E-state index in [9.17, 15) is 53.4 Å². The normalized spacial score (nSPS) is 14.0. The number of fused-ring (bicyclic) bond motifs is 1. The number of nitrogens with zero attached hydrogens (tertiary/aromatic N) is 1. The monoisotopic (exact) mass is 846 g/mol. The zero-order chi connectivity index (χ0) is 45.1. The summed E-state index contributed by atoms with van der Waals surface area (Å²) in [6, 6.07) is -2.22. The topological polar surface area (TPSA) is 401 Å². The average Bonchev–Trinajstić information content (AvgIpc) is 3.57. The number of hydrogen-bond acceptors (Lipinski definition) is 11. The highest BCUT2D eigenvalue weighted by Gasteiger charge is 2.34. The van der Waals surface area contributed by atoms with Crippen LogP contribution in [0.3, 0.4) is 0 Å². The van der Waals surface area contributed by atoms with E-state index >= 15 is 0 Å². The molecule has 23 heteroatoms. The predicted molar refractivity (Wildman–Crippen MR) is 213 cm³/mol. The summed E-state index contributed by atoms with van der Waals surface area (Å²) >= 11 is 0. The zero-order valence-corrected chi connectivity index (χ0v) is 33.1. The molecule has 1 aromatic carbocycles. The molecule has 0 saturated carbocycles. The number of hydrogen-bond donors (Lipinski definition) is 13. The Labute approximate surface area is 343 Å². The minimum atomic E-state index is -1.83. The number of carboxylic acid groups (broad SMARTS) is 4. The van der Waals surface area contributed by atoms with Gasteiger partial charge in [-0.1, -0.05) is 32.0 Å². The van der Waals surface area contributed by atoms with Crippen molar-refractivity contribution in [2.75, 3.05) is 6.54 Å². The number of carbonyl (C=O) groups is 9. The molecule has 16 N–H and O–H groups in total. The van der Waals surface area contributed by atoms with Crippen LogP contribution in [0.4, 0.5) is 0 Å². The number of nitrogens with one attached hydrogen (secondary N) is 6. The highest BCUT2D eigenvalue weighted by Crippen LogP contribution is 2.20. The molecule has 0 spiro atoms. The maximum atomic E-state index is 14.0. The summed E-state index contributed by atoms with van der Waals surface area (Å²) in [4.78, 5) is 121. The molecule has 330 valence electrons. The van der Waals surface area contributed by atoms with Gasteiger partial charge < -0.3 is 69.2 Å². The molecule has 0 bridgehead atoms. The van der Waals surface area contributed by atoms with Crippen molar-refractivity contribution in [1.82, 2.24) is 31.6 Å². The number of H-pyrrole nitrogens is 1. The van der Waals surface area contributed by atoms with Gasteiger partial charge in [0.15, 0.2) is 5.96 Å². The molecule has 0 aliphatic rings. The molecule has 23 nitrogen and oxygen atoms in total. The van der Waals surface area contributed by atoms with E-state index in [-0.39, 0.29) is 50.5 Å². The number of benzene rings is 1. The Morgan fingerprint density at radius 2 is 1.20 bits per heavy atom. The molecule has 0 fully saturated rings. The third kappa shape index (κ3) is 17.4. The summed E-state index contributed by atoms with van der Waals surface area (Å²) in [6.07, 6.45) is -1.55. The largest absolute Gasteiger partial charge is 0.481 e. The first-order valence-electron chi connectivity index (χ1n) is 18.9. The quantitative estimate of drug-likeness (QED) is 0.0259. The molecule has 6 unspecified atom stereocenters. The van der Waals surface area contributed by atoms with E-state index in [4.69, 9.17) is 27.4 Å². The van der Waals surface area contributed by atoms with Crippen LogP contribution in [0.25, 0.3) is 10.9 Å². The molecule has 2 rings (SSSR count). The molecule has 5 amide bonds. The first-order chi connectivity index (χ1) is 28.2. The highest BCUT2D eigenvalue weighted by atomic mass is 16.4. The van der Waals surface area contributed by atoms with Gasteiger partial charge in [0.1, 0.15) is 30.2 Å². The number of guanidine groups is 1. The van der Waals surface area contributed by atoms with Crippen molar-refractivity contribution >= 4 is 70.3 Å². The van der Waals surface area contributed by atoms with Gasteiger partial charge in [0.2, 0.25) is 29.5 Å². The van der Waals surface area contributed by atoms with Crippen molar-refractivity contribution < 1.29 is 63.6 Å². The smallest absolute Gasteiger partial charge is 0.326 e. The maximum absolute atomic E-state index is 14.0.